The van der Waals surface area contributed by atoms with E-state index in [9.17, 15) is 4.79 Å². The fraction of sp³-hybridized carbons (Fsp3) is 0.522. The maximum Gasteiger partial charge on any atom is 0.333 e. The Balaban J connectivity index is 2.08. The SMILES string of the molecule is COC(=O)C1=C(/C=C/C=C(C)/C=C/C2=C(C)CCCC2(C)C)CCC1. The standard InChI is InChI=1S/C23H32O2/c1-17(14-15-21-18(2)10-8-16-23(21,3)4)9-6-11-19-12-7-13-20(19)22(24)25-5/h6,9,11,14-15H,7-8,10,12-13,16H2,1-5H3/b11-6+,15-14+,17-9+. The highest BCUT2D eigenvalue weighted by atomic mass is 16.5. The number of esters is 1. The molecule has 2 aliphatic rings. The second-order valence-corrected chi connectivity index (χ2v) is 7.88. The summed E-state index contributed by atoms with van der Waals surface area (Å²) in [7, 11) is 1.45. The molecular weight excluding hydrogens is 308 g/mol. The normalized spacial score (nSPS) is 21.7. The summed E-state index contributed by atoms with van der Waals surface area (Å²) in [6, 6.07) is 0. The third-order valence-electron chi connectivity index (χ3n) is 5.40. The minimum absolute atomic E-state index is 0.181. The van der Waals surface area contributed by atoms with Crippen LogP contribution in [0.5, 0.6) is 0 Å². The van der Waals surface area contributed by atoms with E-state index in [0.717, 1.165) is 30.4 Å². The zero-order chi connectivity index (χ0) is 18.4. The quantitative estimate of drug-likeness (QED) is 0.438. The molecule has 0 bridgehead atoms. The Hall–Kier alpha value is -1.83. The molecule has 0 heterocycles. The minimum Gasteiger partial charge on any atom is -0.466 e. The minimum atomic E-state index is -0.181. The number of rotatable bonds is 5. The van der Waals surface area contributed by atoms with Crippen LogP contribution >= 0.6 is 0 Å². The van der Waals surface area contributed by atoms with Crippen molar-refractivity contribution in [2.75, 3.05) is 7.11 Å². The molecule has 0 saturated carbocycles. The van der Waals surface area contributed by atoms with Crippen molar-refractivity contribution in [3.05, 3.63) is 58.2 Å². The van der Waals surface area contributed by atoms with Crippen LogP contribution in [0.1, 0.15) is 66.2 Å². The topological polar surface area (TPSA) is 26.3 Å². The predicted octanol–water partition coefficient (Wildman–Crippen LogP) is 6.23. The lowest BCUT2D eigenvalue weighted by molar-refractivity contribution is -0.136. The van der Waals surface area contributed by atoms with E-state index in [1.165, 1.54) is 43.1 Å². The Labute approximate surface area is 153 Å². The van der Waals surface area contributed by atoms with Crippen LogP contribution in [-0.2, 0) is 9.53 Å². The molecule has 2 heteroatoms. The smallest absolute Gasteiger partial charge is 0.333 e. The summed E-state index contributed by atoms with van der Waals surface area (Å²) >= 11 is 0. The molecule has 0 radical (unpaired) electrons. The van der Waals surface area contributed by atoms with Gasteiger partial charge >= 0.3 is 5.97 Å². The molecule has 0 aromatic rings. The van der Waals surface area contributed by atoms with Crippen LogP contribution in [0.25, 0.3) is 0 Å². The van der Waals surface area contributed by atoms with E-state index in [1.807, 2.05) is 0 Å². The van der Waals surface area contributed by atoms with Gasteiger partial charge in [0.2, 0.25) is 0 Å². The molecule has 2 rings (SSSR count). The van der Waals surface area contributed by atoms with Crippen molar-refractivity contribution in [2.24, 2.45) is 5.41 Å². The van der Waals surface area contributed by atoms with Crippen molar-refractivity contribution in [1.82, 2.24) is 0 Å². The first-order valence-electron chi connectivity index (χ1n) is 9.39. The van der Waals surface area contributed by atoms with Gasteiger partial charge in [0.1, 0.15) is 0 Å². The molecule has 0 atom stereocenters. The van der Waals surface area contributed by atoms with E-state index < -0.39 is 0 Å². The average molecular weight is 341 g/mol. The van der Waals surface area contributed by atoms with Gasteiger partial charge in [-0.05, 0) is 68.9 Å². The number of allylic oxidation sites excluding steroid dienone is 9. The maximum absolute atomic E-state index is 11.7. The van der Waals surface area contributed by atoms with E-state index in [1.54, 1.807) is 0 Å². The molecule has 0 aromatic carbocycles. The van der Waals surface area contributed by atoms with Crippen molar-refractivity contribution in [2.45, 2.75) is 66.2 Å². The van der Waals surface area contributed by atoms with Crippen molar-refractivity contribution in [3.63, 3.8) is 0 Å². The molecule has 2 aliphatic carbocycles. The van der Waals surface area contributed by atoms with Crippen LogP contribution in [0.2, 0.25) is 0 Å². The van der Waals surface area contributed by atoms with E-state index >= 15 is 0 Å². The van der Waals surface area contributed by atoms with Gasteiger partial charge < -0.3 is 4.74 Å². The number of carbonyl (C=O) groups excluding carboxylic acids is 1. The number of hydrogen-bond acceptors (Lipinski definition) is 2. The van der Waals surface area contributed by atoms with Gasteiger partial charge in [0.15, 0.2) is 0 Å². The van der Waals surface area contributed by atoms with Gasteiger partial charge in [-0.3, -0.25) is 0 Å². The van der Waals surface area contributed by atoms with Crippen molar-refractivity contribution >= 4 is 5.97 Å². The van der Waals surface area contributed by atoms with E-state index in [-0.39, 0.29) is 11.4 Å². The molecule has 0 aromatic heterocycles. The second kappa shape index (κ2) is 8.51. The molecule has 25 heavy (non-hydrogen) atoms. The van der Waals surface area contributed by atoms with E-state index in [4.69, 9.17) is 4.74 Å². The Morgan fingerprint density at radius 1 is 1.12 bits per heavy atom. The van der Waals surface area contributed by atoms with Gasteiger partial charge in [0, 0.05) is 5.57 Å². The van der Waals surface area contributed by atoms with Gasteiger partial charge in [-0.15, -0.1) is 0 Å². The third-order valence-corrected chi connectivity index (χ3v) is 5.40. The lowest BCUT2D eigenvalue weighted by Gasteiger charge is -2.32. The Kier molecular flexibility index (Phi) is 6.64. The molecule has 0 aliphatic heterocycles. The van der Waals surface area contributed by atoms with Crippen molar-refractivity contribution < 1.29 is 9.53 Å². The Morgan fingerprint density at radius 2 is 1.88 bits per heavy atom. The molecule has 0 fully saturated rings. The van der Waals surface area contributed by atoms with E-state index in [0.29, 0.717) is 0 Å². The first kappa shape index (κ1) is 19.5. The summed E-state index contributed by atoms with van der Waals surface area (Å²) in [6.45, 7) is 9.07. The Morgan fingerprint density at radius 3 is 2.56 bits per heavy atom. The van der Waals surface area contributed by atoms with Crippen LogP contribution < -0.4 is 0 Å². The lowest BCUT2D eigenvalue weighted by atomic mass is 9.72. The molecule has 136 valence electrons. The summed E-state index contributed by atoms with van der Waals surface area (Å²) in [5.74, 6) is -0.181. The van der Waals surface area contributed by atoms with Crippen molar-refractivity contribution in [3.8, 4) is 0 Å². The van der Waals surface area contributed by atoms with Crippen molar-refractivity contribution in [1.29, 1.82) is 0 Å². The monoisotopic (exact) mass is 340 g/mol. The fourth-order valence-corrected chi connectivity index (χ4v) is 3.90. The highest BCUT2D eigenvalue weighted by molar-refractivity contribution is 5.90. The first-order valence-corrected chi connectivity index (χ1v) is 9.39. The molecule has 2 nitrogen and oxygen atoms in total. The molecule has 0 amide bonds. The van der Waals surface area contributed by atoms with Gasteiger partial charge in [-0.1, -0.05) is 55.4 Å². The maximum atomic E-state index is 11.7. The van der Waals surface area contributed by atoms with Crippen LogP contribution in [0, 0.1) is 5.41 Å². The highest BCUT2D eigenvalue weighted by Gasteiger charge is 2.26. The molecular formula is C23H32O2. The molecule has 0 saturated heterocycles. The fourth-order valence-electron chi connectivity index (χ4n) is 3.90. The Bertz CT molecular complexity index is 666. The van der Waals surface area contributed by atoms with Crippen LogP contribution in [-0.4, -0.2) is 13.1 Å². The van der Waals surface area contributed by atoms with Crippen LogP contribution in [0.3, 0.4) is 0 Å². The zero-order valence-electron chi connectivity index (χ0n) is 16.4. The van der Waals surface area contributed by atoms with Gasteiger partial charge in [0.05, 0.1) is 7.11 Å². The number of methoxy groups -OCH3 is 1. The van der Waals surface area contributed by atoms with Gasteiger partial charge in [-0.2, -0.15) is 0 Å². The molecule has 0 unspecified atom stereocenters. The van der Waals surface area contributed by atoms with Crippen LogP contribution in [0.4, 0.5) is 0 Å². The molecule has 0 spiro atoms. The molecule has 0 N–H and O–H groups in total. The number of hydrogen-bond donors (Lipinski definition) is 0. The summed E-state index contributed by atoms with van der Waals surface area (Å²) in [5.41, 5.74) is 6.46. The predicted molar refractivity (Wildman–Crippen MR) is 105 cm³/mol. The summed E-state index contributed by atoms with van der Waals surface area (Å²) < 4.78 is 4.86. The average Bonchev–Trinajstić information content (AvgIpc) is 3.01. The lowest BCUT2D eigenvalue weighted by Crippen LogP contribution is -2.19. The van der Waals surface area contributed by atoms with Crippen LogP contribution in [0.15, 0.2) is 58.2 Å². The summed E-state index contributed by atoms with van der Waals surface area (Å²) in [4.78, 5) is 11.7. The number of ether oxygens (including phenoxy) is 1. The van der Waals surface area contributed by atoms with Gasteiger partial charge in [-0.25, -0.2) is 4.79 Å². The first-order chi connectivity index (χ1) is 11.8. The third kappa shape index (κ3) is 5.07. The van der Waals surface area contributed by atoms with E-state index in [2.05, 4.69) is 58.1 Å². The zero-order valence-corrected chi connectivity index (χ0v) is 16.4. The van der Waals surface area contributed by atoms with Gasteiger partial charge in [0.25, 0.3) is 0 Å². The number of carbonyl (C=O) groups is 1. The highest BCUT2D eigenvalue weighted by Crippen LogP contribution is 2.40. The second-order valence-electron chi connectivity index (χ2n) is 7.88. The summed E-state index contributed by atoms with van der Waals surface area (Å²) in [6.07, 6.45) is 17.3. The largest absolute Gasteiger partial charge is 0.466 e. The summed E-state index contributed by atoms with van der Waals surface area (Å²) in [5, 5.41) is 0.